The maximum atomic E-state index is 10.7. The van der Waals surface area contributed by atoms with E-state index in [1.54, 1.807) is 0 Å². The molecule has 1 unspecified atom stereocenters. The smallest absolute Gasteiger partial charge is 0.397 e. The number of nitrogens with zero attached hydrogens (tertiary/aromatic N) is 1. The number of H-pyrrole nitrogens is 1. The molecule has 0 fully saturated rings. The molecular weight excluding hydrogens is 214 g/mol. The second-order valence-electron chi connectivity index (χ2n) is 2.77. The van der Waals surface area contributed by atoms with E-state index in [0.29, 0.717) is 0 Å². The van der Waals surface area contributed by atoms with Crippen LogP contribution in [0.4, 0.5) is 0 Å². The highest BCUT2D eigenvalue weighted by molar-refractivity contribution is 5.83. The van der Waals surface area contributed by atoms with E-state index in [-0.39, 0.29) is 4.76 Å². The molecule has 0 spiro atoms. The molecule has 0 aromatic carbocycles. The Hall–Kier alpha value is -2.25. The molecule has 2 heterocycles. The number of quaternary nitrogens is 1. The van der Waals surface area contributed by atoms with Crippen LogP contribution in [0.1, 0.15) is 0 Å². The Kier molecular flexibility index (Phi) is 4.13. The molecule has 84 valence electrons. The number of carboxylic acid groups (broad SMARTS) is 1. The first-order chi connectivity index (χ1) is 7.61. The van der Waals surface area contributed by atoms with Gasteiger partial charge in [0.15, 0.2) is 6.20 Å². The molecule has 0 saturated heterocycles. The van der Waals surface area contributed by atoms with Crippen molar-refractivity contribution in [1.29, 1.82) is 0 Å². The summed E-state index contributed by atoms with van der Waals surface area (Å²) in [4.78, 5) is 23.5. The molecule has 0 aliphatic carbocycles. The van der Waals surface area contributed by atoms with E-state index in [9.17, 15) is 14.9 Å². The monoisotopic (exact) mass is 224 g/mol. The van der Waals surface area contributed by atoms with Crippen LogP contribution < -0.4 is 5.06 Å². The summed E-state index contributed by atoms with van der Waals surface area (Å²) in [5, 5.41) is 18.4. The van der Waals surface area contributed by atoms with E-state index in [1.807, 2.05) is 24.5 Å². The van der Waals surface area contributed by atoms with Crippen LogP contribution in [-0.4, -0.2) is 20.8 Å². The third-order valence-corrected chi connectivity index (χ3v) is 1.62. The fraction of sp³-hybridized carbons (Fsp3) is 0. The zero-order chi connectivity index (χ0) is 12.0. The molecule has 1 aliphatic heterocycles. The molecule has 0 bridgehead atoms. The molecule has 7 nitrogen and oxygen atoms in total. The number of aromatic amines is 1. The molecule has 1 aromatic heterocycles. The fourth-order valence-corrected chi connectivity index (χ4v) is 0.903. The van der Waals surface area contributed by atoms with Crippen molar-refractivity contribution in [2.75, 3.05) is 0 Å². The first-order valence-corrected chi connectivity index (χ1v) is 4.32. The SMILES string of the molecule is O=C(O)C1=C[N+](=O)C=C[NH+]1[O-].c1cc[nH]c1. The van der Waals surface area contributed by atoms with E-state index >= 15 is 0 Å². The van der Waals surface area contributed by atoms with Gasteiger partial charge in [0.1, 0.15) is 0 Å². The summed E-state index contributed by atoms with van der Waals surface area (Å²) in [6.45, 7) is 0. The van der Waals surface area contributed by atoms with Crippen molar-refractivity contribution in [1.82, 2.24) is 4.98 Å². The first kappa shape index (κ1) is 11.8. The number of carbonyl (C=O) groups is 1. The van der Waals surface area contributed by atoms with Gasteiger partial charge >= 0.3 is 5.97 Å². The predicted molar refractivity (Wildman–Crippen MR) is 53.6 cm³/mol. The highest BCUT2D eigenvalue weighted by Crippen LogP contribution is 1.90. The molecule has 1 aromatic rings. The van der Waals surface area contributed by atoms with Gasteiger partial charge in [0, 0.05) is 17.3 Å². The van der Waals surface area contributed by atoms with Gasteiger partial charge in [0.05, 0.1) is 4.76 Å². The third kappa shape index (κ3) is 3.48. The van der Waals surface area contributed by atoms with E-state index in [1.165, 1.54) is 0 Å². The predicted octanol–water partition coefficient (Wildman–Crippen LogP) is -0.426. The largest absolute Gasteiger partial charge is 0.623 e. The number of hydrogen-bond donors (Lipinski definition) is 3. The molecule has 0 amide bonds. The summed E-state index contributed by atoms with van der Waals surface area (Å²) >= 11 is 0. The summed E-state index contributed by atoms with van der Waals surface area (Å²) < 4.78 is 0.269. The van der Waals surface area contributed by atoms with Crippen LogP contribution in [0.5, 0.6) is 0 Å². The van der Waals surface area contributed by atoms with Gasteiger partial charge in [-0.25, -0.2) is 4.79 Å². The zero-order valence-electron chi connectivity index (χ0n) is 8.16. The summed E-state index contributed by atoms with van der Waals surface area (Å²) in [7, 11) is 0. The van der Waals surface area contributed by atoms with Crippen LogP contribution in [0.15, 0.2) is 48.8 Å². The van der Waals surface area contributed by atoms with Crippen molar-refractivity contribution in [3.05, 3.63) is 58.9 Å². The maximum absolute atomic E-state index is 10.7. The zero-order valence-corrected chi connectivity index (χ0v) is 8.16. The van der Waals surface area contributed by atoms with Crippen LogP contribution in [0.2, 0.25) is 0 Å². The van der Waals surface area contributed by atoms with E-state index in [4.69, 9.17) is 5.11 Å². The minimum atomic E-state index is -1.39. The highest BCUT2D eigenvalue weighted by Gasteiger charge is 2.24. The maximum Gasteiger partial charge on any atom is 0.397 e. The standard InChI is InChI=1S/C5H4N2O4.C4H5N/c8-5(9)4-3-6(10)1-2-7(4)11;1-2-4-5-3-1/h1-3,7H;1-5H/p+1. The van der Waals surface area contributed by atoms with Crippen LogP contribution in [0.25, 0.3) is 0 Å². The Morgan fingerprint density at radius 1 is 1.44 bits per heavy atom. The lowest BCUT2D eigenvalue weighted by Crippen LogP contribution is -3.01. The van der Waals surface area contributed by atoms with Gasteiger partial charge < -0.3 is 15.3 Å². The molecule has 3 N–H and O–H groups in total. The topological polar surface area (TPSA) is 101 Å². The second-order valence-corrected chi connectivity index (χ2v) is 2.77. The van der Waals surface area contributed by atoms with Crippen molar-refractivity contribution in [2.45, 2.75) is 0 Å². The van der Waals surface area contributed by atoms with Crippen LogP contribution >= 0.6 is 0 Å². The van der Waals surface area contributed by atoms with E-state index in [2.05, 4.69) is 4.98 Å². The third-order valence-electron chi connectivity index (χ3n) is 1.62. The molecule has 0 saturated carbocycles. The van der Waals surface area contributed by atoms with E-state index < -0.39 is 16.7 Å². The van der Waals surface area contributed by atoms with Crippen molar-refractivity contribution < 1.29 is 19.7 Å². The van der Waals surface area contributed by atoms with Crippen molar-refractivity contribution >= 4 is 5.97 Å². The van der Waals surface area contributed by atoms with Crippen molar-refractivity contribution in [3.63, 3.8) is 0 Å². The van der Waals surface area contributed by atoms with Crippen molar-refractivity contribution in [2.24, 2.45) is 0 Å². The fourth-order valence-electron chi connectivity index (χ4n) is 0.903. The number of carboxylic acids is 1. The molecule has 16 heavy (non-hydrogen) atoms. The lowest BCUT2D eigenvalue weighted by Gasteiger charge is -2.14. The van der Waals surface area contributed by atoms with Gasteiger partial charge in [-0.05, 0) is 12.1 Å². The van der Waals surface area contributed by atoms with Crippen LogP contribution in [0.3, 0.4) is 0 Å². The van der Waals surface area contributed by atoms with Gasteiger partial charge in [-0.2, -0.15) is 0 Å². The Morgan fingerprint density at radius 2 is 2.06 bits per heavy atom. The number of hydrogen-bond acceptors (Lipinski definition) is 3. The average molecular weight is 224 g/mol. The Balaban J connectivity index is 0.000000212. The number of nitroso groups, excluding NO2 is 1. The summed E-state index contributed by atoms with van der Waals surface area (Å²) in [6, 6.07) is 3.89. The molecular formula is C9H10N3O4+. The number of aromatic nitrogens is 1. The normalized spacial score (nSPS) is 18.4. The average Bonchev–Trinajstić information content (AvgIpc) is 2.79. The first-order valence-electron chi connectivity index (χ1n) is 4.32. The molecule has 1 aliphatic rings. The molecule has 1 atom stereocenters. The summed E-state index contributed by atoms with van der Waals surface area (Å²) in [5.74, 6) is -1.39. The Bertz CT molecular complexity index is 405. The van der Waals surface area contributed by atoms with Crippen LogP contribution in [-0.2, 0) is 4.79 Å². The number of aliphatic carboxylic acids is 1. The Morgan fingerprint density at radius 3 is 2.44 bits per heavy atom. The molecule has 0 radical (unpaired) electrons. The second kappa shape index (κ2) is 5.59. The van der Waals surface area contributed by atoms with E-state index in [0.717, 1.165) is 18.6 Å². The summed E-state index contributed by atoms with van der Waals surface area (Å²) in [5.41, 5.74) is -0.512. The highest BCUT2D eigenvalue weighted by atomic mass is 16.5. The minimum Gasteiger partial charge on any atom is -0.623 e. The van der Waals surface area contributed by atoms with Crippen molar-refractivity contribution in [3.8, 4) is 0 Å². The van der Waals surface area contributed by atoms with Crippen LogP contribution in [0, 0.1) is 10.1 Å². The number of rotatable bonds is 1. The van der Waals surface area contributed by atoms with Gasteiger partial charge in [0.25, 0.3) is 18.1 Å². The summed E-state index contributed by atoms with van der Waals surface area (Å²) in [6.07, 6.45) is 6.34. The number of nitrogens with one attached hydrogen (secondary N) is 2. The lowest BCUT2D eigenvalue weighted by molar-refractivity contribution is -0.754. The van der Waals surface area contributed by atoms with Gasteiger partial charge in [0.2, 0.25) is 0 Å². The lowest BCUT2D eigenvalue weighted by atomic mass is 10.4. The molecule has 7 heteroatoms. The van der Waals surface area contributed by atoms with Gasteiger partial charge in [-0.1, -0.05) is 0 Å². The van der Waals surface area contributed by atoms with Gasteiger partial charge in [-0.15, -0.1) is 0 Å². The Labute approximate surface area is 90.5 Å². The minimum absolute atomic E-state index is 0.269. The van der Waals surface area contributed by atoms with Gasteiger partial charge in [-0.3, -0.25) is 5.06 Å². The number of hydroxylamine groups is 2. The quantitative estimate of drug-likeness (QED) is 0.445. The molecule has 2 rings (SSSR count).